The molecule has 0 aromatic carbocycles. The zero-order chi connectivity index (χ0) is 19.7. The van der Waals surface area contributed by atoms with Crippen LogP contribution in [0.3, 0.4) is 0 Å². The molecule has 27 heavy (non-hydrogen) atoms. The summed E-state index contributed by atoms with van der Waals surface area (Å²) in [6.07, 6.45) is 5.42. The number of amides is 1. The smallest absolute Gasteiger partial charge is 0.209 e. The van der Waals surface area contributed by atoms with E-state index in [1.54, 1.807) is 0 Å². The summed E-state index contributed by atoms with van der Waals surface area (Å²) in [7, 11) is 0. The van der Waals surface area contributed by atoms with Gasteiger partial charge in [-0.3, -0.25) is 9.69 Å². The van der Waals surface area contributed by atoms with Crippen molar-refractivity contribution < 1.29 is 9.90 Å². The molecule has 1 saturated heterocycles. The maximum absolute atomic E-state index is 11.0. The van der Waals surface area contributed by atoms with Crippen molar-refractivity contribution in [1.29, 1.82) is 0 Å². The monoisotopic (exact) mass is 385 g/mol. The zero-order valence-corrected chi connectivity index (χ0v) is 17.7. The second-order valence-corrected chi connectivity index (χ2v) is 7.60. The molecule has 0 saturated carbocycles. The van der Waals surface area contributed by atoms with Gasteiger partial charge in [-0.05, 0) is 25.9 Å². The molecule has 0 aliphatic carbocycles. The Labute approximate surface area is 166 Å². The molecule has 1 heterocycles. The highest BCUT2D eigenvalue weighted by molar-refractivity contribution is 5.46. The molecule has 7 nitrogen and oxygen atoms in total. The number of hydrogen-bond acceptors (Lipinski definition) is 6. The fraction of sp³-hybridized carbons (Fsp3) is 0.950. The van der Waals surface area contributed by atoms with E-state index in [0.29, 0.717) is 0 Å². The van der Waals surface area contributed by atoms with E-state index in [2.05, 4.69) is 34.3 Å². The van der Waals surface area contributed by atoms with Gasteiger partial charge in [0, 0.05) is 65.4 Å². The Morgan fingerprint density at radius 2 is 1.48 bits per heavy atom. The summed E-state index contributed by atoms with van der Waals surface area (Å²) >= 11 is 0. The number of rotatable bonds is 11. The number of carbonyl (C=O) groups excluding carboxylic acids is 1. The van der Waals surface area contributed by atoms with Crippen molar-refractivity contribution >= 4 is 6.41 Å². The first-order valence-corrected chi connectivity index (χ1v) is 10.9. The van der Waals surface area contributed by atoms with Gasteiger partial charge in [0.05, 0.1) is 6.10 Å². The van der Waals surface area contributed by atoms with Gasteiger partial charge in [-0.2, -0.15) is 0 Å². The molecule has 1 fully saturated rings. The second-order valence-electron chi connectivity index (χ2n) is 7.60. The highest BCUT2D eigenvalue weighted by atomic mass is 16.3. The molecule has 1 atom stereocenters. The van der Waals surface area contributed by atoms with E-state index in [1.807, 2.05) is 4.90 Å². The van der Waals surface area contributed by atoms with Crippen LogP contribution in [-0.2, 0) is 4.79 Å². The number of β-amino-alcohol motifs (C(OH)–C–C–N with tert-alkyl or cyclic N) is 1. The molecule has 1 unspecified atom stereocenters. The van der Waals surface area contributed by atoms with E-state index >= 15 is 0 Å². The molecule has 1 aliphatic heterocycles. The lowest BCUT2D eigenvalue weighted by atomic mass is 10.2. The summed E-state index contributed by atoms with van der Waals surface area (Å²) in [6, 6.07) is 0. The van der Waals surface area contributed by atoms with Crippen molar-refractivity contribution in [2.24, 2.45) is 0 Å². The normalized spacial score (nSPS) is 19.5. The van der Waals surface area contributed by atoms with Crippen molar-refractivity contribution in [2.45, 2.75) is 45.6 Å². The Kier molecular flexibility index (Phi) is 14.6. The van der Waals surface area contributed by atoms with Crippen molar-refractivity contribution in [3.8, 4) is 0 Å². The van der Waals surface area contributed by atoms with Gasteiger partial charge in [0.1, 0.15) is 0 Å². The van der Waals surface area contributed by atoms with Crippen LogP contribution in [0.5, 0.6) is 0 Å². The number of hydrogen-bond donors (Lipinski definition) is 3. The quantitative estimate of drug-likeness (QED) is 0.442. The SMILES string of the molecule is CCCCN(CCCC)CC(O)CN1CCNCCN(C=O)CCNCC1. The van der Waals surface area contributed by atoms with Gasteiger partial charge in [0.25, 0.3) is 0 Å². The minimum Gasteiger partial charge on any atom is -0.390 e. The van der Waals surface area contributed by atoms with Gasteiger partial charge in [-0.15, -0.1) is 0 Å². The van der Waals surface area contributed by atoms with E-state index in [-0.39, 0.29) is 6.10 Å². The van der Waals surface area contributed by atoms with E-state index in [1.165, 1.54) is 25.7 Å². The van der Waals surface area contributed by atoms with Gasteiger partial charge in [0.2, 0.25) is 6.41 Å². The predicted molar refractivity (Wildman–Crippen MR) is 112 cm³/mol. The second kappa shape index (κ2) is 16.2. The van der Waals surface area contributed by atoms with Gasteiger partial charge < -0.3 is 25.5 Å². The minimum atomic E-state index is -0.308. The molecule has 0 bridgehead atoms. The fourth-order valence-corrected chi connectivity index (χ4v) is 3.39. The van der Waals surface area contributed by atoms with Crippen LogP contribution >= 0.6 is 0 Å². The van der Waals surface area contributed by atoms with Crippen LogP contribution in [0.4, 0.5) is 0 Å². The molecule has 1 aliphatic rings. The molecule has 7 heteroatoms. The van der Waals surface area contributed by atoms with Gasteiger partial charge in [-0.25, -0.2) is 0 Å². The molecule has 0 radical (unpaired) electrons. The van der Waals surface area contributed by atoms with E-state index in [4.69, 9.17) is 0 Å². The average Bonchev–Trinajstić information content (AvgIpc) is 2.66. The van der Waals surface area contributed by atoms with Gasteiger partial charge >= 0.3 is 0 Å². The molecular weight excluding hydrogens is 342 g/mol. The molecule has 3 N–H and O–H groups in total. The van der Waals surface area contributed by atoms with Crippen LogP contribution in [0, 0.1) is 0 Å². The molecule has 1 rings (SSSR count). The maximum Gasteiger partial charge on any atom is 0.209 e. The molecule has 0 spiro atoms. The molecule has 160 valence electrons. The summed E-state index contributed by atoms with van der Waals surface area (Å²) in [5, 5.41) is 17.5. The fourth-order valence-electron chi connectivity index (χ4n) is 3.39. The van der Waals surface area contributed by atoms with E-state index in [0.717, 1.165) is 84.9 Å². The average molecular weight is 386 g/mol. The zero-order valence-electron chi connectivity index (χ0n) is 17.7. The van der Waals surface area contributed by atoms with Crippen molar-refractivity contribution in [3.05, 3.63) is 0 Å². The lowest BCUT2D eigenvalue weighted by Crippen LogP contribution is -2.46. The number of aliphatic hydroxyl groups is 1. The number of aliphatic hydroxyl groups excluding tert-OH is 1. The summed E-state index contributed by atoms with van der Waals surface area (Å²) in [6.45, 7) is 14.8. The number of nitrogens with zero attached hydrogens (tertiary/aromatic N) is 3. The largest absolute Gasteiger partial charge is 0.390 e. The predicted octanol–water partition coefficient (Wildman–Crippen LogP) is 0.203. The number of carbonyl (C=O) groups is 1. The third-order valence-corrected chi connectivity index (χ3v) is 5.10. The maximum atomic E-state index is 11.0. The summed E-state index contributed by atoms with van der Waals surface area (Å²) < 4.78 is 0. The molecule has 1 amide bonds. The Balaban J connectivity index is 2.41. The summed E-state index contributed by atoms with van der Waals surface area (Å²) in [4.78, 5) is 17.6. The molecular formula is C20H43N5O2. The first-order valence-electron chi connectivity index (χ1n) is 10.9. The van der Waals surface area contributed by atoms with Crippen LogP contribution in [0.2, 0.25) is 0 Å². The highest BCUT2D eigenvalue weighted by Gasteiger charge is 2.15. The third kappa shape index (κ3) is 12.4. The topological polar surface area (TPSA) is 71.1 Å². The van der Waals surface area contributed by atoms with Crippen molar-refractivity contribution in [3.63, 3.8) is 0 Å². The summed E-state index contributed by atoms with van der Waals surface area (Å²) in [5.74, 6) is 0. The van der Waals surface area contributed by atoms with Crippen LogP contribution in [-0.4, -0.2) is 111 Å². The lowest BCUT2D eigenvalue weighted by molar-refractivity contribution is -0.118. The Morgan fingerprint density at radius 1 is 0.963 bits per heavy atom. The van der Waals surface area contributed by atoms with Crippen LogP contribution in [0.25, 0.3) is 0 Å². The Morgan fingerprint density at radius 3 is 1.96 bits per heavy atom. The highest BCUT2D eigenvalue weighted by Crippen LogP contribution is 2.03. The van der Waals surface area contributed by atoms with Crippen molar-refractivity contribution in [1.82, 2.24) is 25.3 Å². The third-order valence-electron chi connectivity index (χ3n) is 5.10. The lowest BCUT2D eigenvalue weighted by Gasteiger charge is -2.30. The van der Waals surface area contributed by atoms with E-state index in [9.17, 15) is 9.90 Å². The standard InChI is InChI=1S/C20H43N5O2/c1-3-5-11-23(12-6-4-2)17-20(27)18-24-13-7-21-9-15-25(19-26)16-10-22-8-14-24/h19-22,27H,3-18H2,1-2H3. The first-order chi connectivity index (χ1) is 13.2. The van der Waals surface area contributed by atoms with Crippen LogP contribution in [0.15, 0.2) is 0 Å². The summed E-state index contributed by atoms with van der Waals surface area (Å²) in [5.41, 5.74) is 0. The van der Waals surface area contributed by atoms with Crippen molar-refractivity contribution in [2.75, 3.05) is 78.5 Å². The van der Waals surface area contributed by atoms with E-state index < -0.39 is 0 Å². The van der Waals surface area contributed by atoms with Crippen LogP contribution in [0.1, 0.15) is 39.5 Å². The minimum absolute atomic E-state index is 0.308. The Hall–Kier alpha value is -0.730. The molecule has 0 aromatic rings. The Bertz CT molecular complexity index is 337. The molecule has 0 aromatic heterocycles. The van der Waals surface area contributed by atoms with Gasteiger partial charge in [-0.1, -0.05) is 26.7 Å². The number of unbranched alkanes of at least 4 members (excludes halogenated alkanes) is 2. The number of nitrogens with one attached hydrogen (secondary N) is 2. The first kappa shape index (κ1) is 24.3. The van der Waals surface area contributed by atoms with Gasteiger partial charge in [0.15, 0.2) is 0 Å². The van der Waals surface area contributed by atoms with Crippen LogP contribution < -0.4 is 10.6 Å².